The van der Waals surface area contributed by atoms with Gasteiger partial charge in [-0.05, 0) is 50.6 Å². The molecule has 2 N–H and O–H groups in total. The summed E-state index contributed by atoms with van der Waals surface area (Å²) in [7, 11) is 0. The highest BCUT2D eigenvalue weighted by molar-refractivity contribution is 5.95. The number of nitriles is 1. The maximum Gasteiger partial charge on any atom is 0.251 e. The van der Waals surface area contributed by atoms with E-state index in [2.05, 4.69) is 26.6 Å². The molecule has 2 aliphatic rings. The number of nitrogens with one attached hydrogen (secondary N) is 2. The van der Waals surface area contributed by atoms with Crippen LogP contribution in [0.15, 0.2) is 30.5 Å². The highest BCUT2D eigenvalue weighted by Crippen LogP contribution is 2.30. The summed E-state index contributed by atoms with van der Waals surface area (Å²) < 4.78 is 5.99. The van der Waals surface area contributed by atoms with Gasteiger partial charge < -0.3 is 20.3 Å². The number of benzene rings is 1. The summed E-state index contributed by atoms with van der Waals surface area (Å²) in [4.78, 5) is 19.5. The molecule has 7 heteroatoms. The third-order valence-electron chi connectivity index (χ3n) is 5.65. The molecule has 152 valence electrons. The fourth-order valence-electron chi connectivity index (χ4n) is 4.25. The van der Waals surface area contributed by atoms with Gasteiger partial charge in [-0.15, -0.1) is 0 Å². The van der Waals surface area contributed by atoms with E-state index in [0.717, 1.165) is 43.4 Å². The summed E-state index contributed by atoms with van der Waals surface area (Å²) >= 11 is 0. The number of carbonyl (C=O) groups is 1. The second-order valence-electron chi connectivity index (χ2n) is 7.89. The number of rotatable bonds is 3. The molecule has 4 rings (SSSR count). The highest BCUT2D eigenvalue weighted by Gasteiger charge is 2.32. The van der Waals surface area contributed by atoms with E-state index in [1.165, 1.54) is 0 Å². The minimum atomic E-state index is -0.524. The third-order valence-corrected chi connectivity index (χ3v) is 5.65. The summed E-state index contributed by atoms with van der Waals surface area (Å²) in [5.41, 5.74) is 2.23. The van der Waals surface area contributed by atoms with Crippen molar-refractivity contribution in [1.82, 2.24) is 15.6 Å². The molecule has 0 saturated carbocycles. The van der Waals surface area contributed by atoms with E-state index in [1.807, 2.05) is 25.1 Å². The minimum absolute atomic E-state index is 0.0497. The van der Waals surface area contributed by atoms with Gasteiger partial charge in [-0.25, -0.2) is 0 Å². The largest absolute Gasteiger partial charge is 0.365 e. The number of pyridine rings is 1. The number of fused-ring (bicyclic) bond motifs is 1. The monoisotopic (exact) mass is 393 g/mol. The second-order valence-corrected chi connectivity index (χ2v) is 7.89. The van der Waals surface area contributed by atoms with Crippen LogP contribution < -0.4 is 15.5 Å². The molecule has 29 heavy (non-hydrogen) atoms. The van der Waals surface area contributed by atoms with Gasteiger partial charge in [-0.3, -0.25) is 9.78 Å². The van der Waals surface area contributed by atoms with Crippen molar-refractivity contribution in [3.8, 4) is 6.07 Å². The molecular formula is C22H27N5O2. The van der Waals surface area contributed by atoms with Crippen LogP contribution in [0, 0.1) is 11.3 Å². The van der Waals surface area contributed by atoms with Crippen molar-refractivity contribution in [2.75, 3.05) is 31.1 Å². The van der Waals surface area contributed by atoms with E-state index in [4.69, 9.17) is 4.74 Å². The minimum Gasteiger partial charge on any atom is -0.365 e. The zero-order valence-electron chi connectivity index (χ0n) is 16.7. The zero-order chi connectivity index (χ0) is 20.2. The van der Waals surface area contributed by atoms with Crippen LogP contribution >= 0.6 is 0 Å². The van der Waals surface area contributed by atoms with Crippen LogP contribution in [0.2, 0.25) is 0 Å². The molecule has 2 saturated heterocycles. The van der Waals surface area contributed by atoms with E-state index < -0.39 is 6.10 Å². The van der Waals surface area contributed by atoms with Crippen LogP contribution in [-0.2, 0) is 9.53 Å². The van der Waals surface area contributed by atoms with E-state index >= 15 is 0 Å². The van der Waals surface area contributed by atoms with Crippen molar-refractivity contribution in [1.29, 1.82) is 5.26 Å². The average molecular weight is 393 g/mol. The van der Waals surface area contributed by atoms with Crippen molar-refractivity contribution in [2.24, 2.45) is 0 Å². The first-order valence-electron chi connectivity index (χ1n) is 10.3. The molecule has 2 aliphatic heterocycles. The smallest absolute Gasteiger partial charge is 0.251 e. The van der Waals surface area contributed by atoms with Gasteiger partial charge in [0.15, 0.2) is 6.10 Å². The van der Waals surface area contributed by atoms with Crippen LogP contribution in [0.4, 0.5) is 5.69 Å². The van der Waals surface area contributed by atoms with Crippen molar-refractivity contribution in [2.45, 2.75) is 44.4 Å². The van der Waals surface area contributed by atoms with Gasteiger partial charge >= 0.3 is 0 Å². The van der Waals surface area contributed by atoms with Gasteiger partial charge in [0.2, 0.25) is 0 Å². The van der Waals surface area contributed by atoms with E-state index in [-0.39, 0.29) is 18.1 Å². The number of morpholine rings is 1. The molecule has 2 aromatic rings. The molecule has 0 bridgehead atoms. The molecule has 0 radical (unpaired) electrons. The van der Waals surface area contributed by atoms with Crippen LogP contribution in [0.3, 0.4) is 0 Å². The normalized spacial score (nSPS) is 25.2. The summed E-state index contributed by atoms with van der Waals surface area (Å²) in [5.74, 6) is -0.0497. The lowest BCUT2D eigenvalue weighted by molar-refractivity contribution is -0.138. The molecule has 3 heterocycles. The van der Waals surface area contributed by atoms with Crippen molar-refractivity contribution >= 4 is 22.5 Å². The standard InChI is InChI=1S/C22H27N5O2/c1-15-13-27(19-8-7-16(11-23)21-18(19)6-4-10-25-21)14-20(29-15)22(28)26-17-5-2-3-9-24-12-17/h4,6-8,10,15,17,20,24H,2-3,5,9,12-14H2,1H3,(H,26,28). The van der Waals surface area contributed by atoms with Crippen molar-refractivity contribution in [3.05, 3.63) is 36.0 Å². The predicted octanol–water partition coefficient (Wildman–Crippen LogP) is 1.96. The second kappa shape index (κ2) is 8.76. The molecular weight excluding hydrogens is 366 g/mol. The SMILES string of the molecule is CC1CN(c2ccc(C#N)c3ncccc23)CC(C(=O)NC2CCCCNC2)O1. The first kappa shape index (κ1) is 19.6. The fourth-order valence-corrected chi connectivity index (χ4v) is 4.25. The Labute approximate surface area is 171 Å². The highest BCUT2D eigenvalue weighted by atomic mass is 16.5. The first-order chi connectivity index (χ1) is 14.2. The van der Waals surface area contributed by atoms with Crippen LogP contribution in [0.1, 0.15) is 31.7 Å². The Morgan fingerprint density at radius 2 is 2.24 bits per heavy atom. The molecule has 3 unspecified atom stereocenters. The maximum absolute atomic E-state index is 12.9. The molecule has 0 spiro atoms. The molecule has 2 fully saturated rings. The Balaban J connectivity index is 1.54. The number of anilines is 1. The number of carbonyl (C=O) groups excluding carboxylic acids is 1. The van der Waals surface area contributed by atoms with Gasteiger partial charge in [-0.2, -0.15) is 5.26 Å². The lowest BCUT2D eigenvalue weighted by Crippen LogP contribution is -2.55. The summed E-state index contributed by atoms with van der Waals surface area (Å²) in [6, 6.07) is 9.97. The number of hydrogen-bond acceptors (Lipinski definition) is 6. The first-order valence-corrected chi connectivity index (χ1v) is 10.3. The summed E-state index contributed by atoms with van der Waals surface area (Å²) in [6.45, 7) is 4.97. The summed E-state index contributed by atoms with van der Waals surface area (Å²) in [6.07, 6.45) is 4.37. The lowest BCUT2D eigenvalue weighted by Gasteiger charge is -2.38. The van der Waals surface area contributed by atoms with E-state index in [0.29, 0.717) is 24.2 Å². The van der Waals surface area contributed by atoms with E-state index in [1.54, 1.807) is 12.3 Å². The molecule has 1 aromatic carbocycles. The average Bonchev–Trinajstić information content (AvgIpc) is 3.01. The number of nitrogens with zero attached hydrogens (tertiary/aromatic N) is 3. The van der Waals surface area contributed by atoms with Gasteiger partial charge in [0.1, 0.15) is 6.07 Å². The number of aromatic nitrogens is 1. The van der Waals surface area contributed by atoms with Crippen LogP contribution in [0.25, 0.3) is 10.9 Å². The van der Waals surface area contributed by atoms with Crippen molar-refractivity contribution < 1.29 is 9.53 Å². The topological polar surface area (TPSA) is 90.3 Å². The van der Waals surface area contributed by atoms with E-state index in [9.17, 15) is 10.1 Å². The lowest BCUT2D eigenvalue weighted by atomic mass is 10.1. The Kier molecular flexibility index (Phi) is 5.93. The molecule has 0 aliphatic carbocycles. The van der Waals surface area contributed by atoms with Gasteiger partial charge in [-0.1, -0.05) is 6.42 Å². The quantitative estimate of drug-likeness (QED) is 0.829. The van der Waals surface area contributed by atoms with Gasteiger partial charge in [0.25, 0.3) is 5.91 Å². The maximum atomic E-state index is 12.9. The zero-order valence-corrected chi connectivity index (χ0v) is 16.7. The molecule has 1 aromatic heterocycles. The van der Waals surface area contributed by atoms with Gasteiger partial charge in [0, 0.05) is 36.4 Å². The number of hydrogen-bond donors (Lipinski definition) is 2. The molecule has 1 amide bonds. The Morgan fingerprint density at radius 3 is 3.10 bits per heavy atom. The molecule has 3 atom stereocenters. The van der Waals surface area contributed by atoms with Crippen LogP contribution in [-0.4, -0.2) is 55.3 Å². The summed E-state index contributed by atoms with van der Waals surface area (Å²) in [5, 5.41) is 16.9. The Morgan fingerprint density at radius 1 is 1.34 bits per heavy atom. The third kappa shape index (κ3) is 4.34. The Hall–Kier alpha value is -2.69. The van der Waals surface area contributed by atoms with Crippen LogP contribution in [0.5, 0.6) is 0 Å². The van der Waals surface area contributed by atoms with Gasteiger partial charge in [0.05, 0.1) is 23.7 Å². The number of amides is 1. The molecule has 7 nitrogen and oxygen atoms in total. The Bertz CT molecular complexity index is 917. The van der Waals surface area contributed by atoms with Crippen molar-refractivity contribution in [3.63, 3.8) is 0 Å². The number of ether oxygens (including phenoxy) is 1. The predicted molar refractivity (Wildman–Crippen MR) is 112 cm³/mol. The fraction of sp³-hybridized carbons (Fsp3) is 0.500.